The third kappa shape index (κ3) is 5.25. The lowest BCUT2D eigenvalue weighted by molar-refractivity contribution is -0.148. The third-order valence-corrected chi connectivity index (χ3v) is 7.75. The van der Waals surface area contributed by atoms with Gasteiger partial charge in [0.1, 0.15) is 18.0 Å². The van der Waals surface area contributed by atoms with E-state index in [1.807, 2.05) is 0 Å². The molecule has 0 heterocycles. The molecule has 180 valence electrons. The van der Waals surface area contributed by atoms with Gasteiger partial charge in [0.2, 0.25) is 0 Å². The Morgan fingerprint density at radius 2 is 1.52 bits per heavy atom. The monoisotopic (exact) mass is 458 g/mol. The second-order valence-corrected chi connectivity index (χ2v) is 10.0. The molecule has 4 aliphatic carbocycles. The van der Waals surface area contributed by atoms with Gasteiger partial charge in [-0.05, 0) is 80.8 Å². The standard InChI is InChI=1S/C25H34N2O6/c1-15(25-10-16-4-17(11-25)6-18(5-16)12-25)27-22(28)14-33-23(29)13-26-24(30)19-7-20(31-2)9-21(8-19)32-3/h7-9,15-18H,4-6,10-14H2,1-3H3,(H,26,30)(H,27,28). The first-order valence-corrected chi connectivity index (χ1v) is 11.8. The largest absolute Gasteiger partial charge is 0.497 e. The van der Waals surface area contributed by atoms with Gasteiger partial charge in [-0.25, -0.2) is 0 Å². The summed E-state index contributed by atoms with van der Waals surface area (Å²) in [4.78, 5) is 36.9. The number of esters is 1. The SMILES string of the molecule is COc1cc(OC)cc(C(=O)NCC(=O)OCC(=O)NC(C)C23CC4CC(CC(C4)C2)C3)c1. The molecule has 4 bridgehead atoms. The van der Waals surface area contributed by atoms with Crippen LogP contribution in [0.25, 0.3) is 0 Å². The zero-order chi connectivity index (χ0) is 23.6. The van der Waals surface area contributed by atoms with Gasteiger partial charge >= 0.3 is 5.97 Å². The molecule has 4 saturated carbocycles. The molecule has 2 N–H and O–H groups in total. The van der Waals surface area contributed by atoms with Crippen molar-refractivity contribution in [3.8, 4) is 11.5 Å². The van der Waals surface area contributed by atoms with Crippen molar-refractivity contribution in [2.75, 3.05) is 27.4 Å². The summed E-state index contributed by atoms with van der Waals surface area (Å²) < 4.78 is 15.4. The fraction of sp³-hybridized carbons (Fsp3) is 0.640. The highest BCUT2D eigenvalue weighted by molar-refractivity contribution is 5.96. The van der Waals surface area contributed by atoms with Gasteiger partial charge in [-0.1, -0.05) is 0 Å². The highest BCUT2D eigenvalue weighted by Crippen LogP contribution is 2.61. The van der Waals surface area contributed by atoms with Crippen molar-refractivity contribution in [3.63, 3.8) is 0 Å². The van der Waals surface area contributed by atoms with Crippen molar-refractivity contribution in [2.24, 2.45) is 23.2 Å². The highest BCUT2D eigenvalue weighted by atomic mass is 16.5. The molecule has 0 saturated heterocycles. The normalized spacial score (nSPS) is 28.0. The molecule has 5 rings (SSSR count). The van der Waals surface area contributed by atoms with E-state index >= 15 is 0 Å². The molecule has 33 heavy (non-hydrogen) atoms. The Labute approximate surface area is 194 Å². The molecular formula is C25H34N2O6. The van der Waals surface area contributed by atoms with Crippen LogP contribution in [0.4, 0.5) is 0 Å². The molecule has 2 amide bonds. The van der Waals surface area contributed by atoms with Gasteiger partial charge in [0.15, 0.2) is 6.61 Å². The van der Waals surface area contributed by atoms with E-state index in [0.29, 0.717) is 17.1 Å². The molecule has 1 aromatic rings. The van der Waals surface area contributed by atoms with E-state index in [4.69, 9.17) is 14.2 Å². The summed E-state index contributed by atoms with van der Waals surface area (Å²) >= 11 is 0. The predicted octanol–water partition coefficient (Wildman–Crippen LogP) is 2.70. The summed E-state index contributed by atoms with van der Waals surface area (Å²) in [5.41, 5.74) is 0.487. The molecule has 1 atom stereocenters. The smallest absolute Gasteiger partial charge is 0.325 e. The van der Waals surface area contributed by atoms with Crippen LogP contribution in [0.3, 0.4) is 0 Å². The Balaban J connectivity index is 1.21. The van der Waals surface area contributed by atoms with Crippen LogP contribution >= 0.6 is 0 Å². The van der Waals surface area contributed by atoms with Gasteiger partial charge in [-0.15, -0.1) is 0 Å². The summed E-state index contributed by atoms with van der Waals surface area (Å²) in [6.07, 6.45) is 7.65. The Bertz CT molecular complexity index is 857. The summed E-state index contributed by atoms with van der Waals surface area (Å²) in [6.45, 7) is 1.41. The molecular weight excluding hydrogens is 424 g/mol. The number of hydrogen-bond acceptors (Lipinski definition) is 6. The van der Waals surface area contributed by atoms with Crippen LogP contribution in [-0.4, -0.2) is 51.2 Å². The van der Waals surface area contributed by atoms with E-state index in [1.54, 1.807) is 18.2 Å². The fourth-order valence-corrected chi connectivity index (χ4v) is 6.53. The second kappa shape index (κ2) is 9.61. The average Bonchev–Trinajstić information content (AvgIpc) is 2.79. The van der Waals surface area contributed by atoms with Crippen LogP contribution in [-0.2, 0) is 14.3 Å². The fourth-order valence-electron chi connectivity index (χ4n) is 6.53. The number of carbonyl (C=O) groups is 3. The van der Waals surface area contributed by atoms with Gasteiger partial charge in [-0.3, -0.25) is 14.4 Å². The number of nitrogens with one attached hydrogen (secondary N) is 2. The number of rotatable bonds is 9. The number of carbonyl (C=O) groups excluding carboxylic acids is 3. The van der Waals surface area contributed by atoms with Gasteiger partial charge in [0.05, 0.1) is 14.2 Å². The number of hydrogen-bond donors (Lipinski definition) is 2. The van der Waals surface area contributed by atoms with E-state index in [1.165, 1.54) is 52.7 Å². The Kier molecular flexibility index (Phi) is 6.81. The van der Waals surface area contributed by atoms with Crippen LogP contribution in [0.1, 0.15) is 55.8 Å². The van der Waals surface area contributed by atoms with Crippen molar-refractivity contribution in [1.82, 2.24) is 10.6 Å². The lowest BCUT2D eigenvalue weighted by atomic mass is 9.48. The van der Waals surface area contributed by atoms with Crippen molar-refractivity contribution >= 4 is 17.8 Å². The maximum absolute atomic E-state index is 12.4. The first-order chi connectivity index (χ1) is 15.8. The van der Waals surface area contributed by atoms with E-state index < -0.39 is 11.9 Å². The van der Waals surface area contributed by atoms with Crippen molar-refractivity contribution in [1.29, 1.82) is 0 Å². The van der Waals surface area contributed by atoms with E-state index in [0.717, 1.165) is 17.8 Å². The lowest BCUT2D eigenvalue weighted by Gasteiger charge is -2.59. The van der Waals surface area contributed by atoms with Crippen LogP contribution in [0.15, 0.2) is 18.2 Å². The van der Waals surface area contributed by atoms with Crippen molar-refractivity contribution in [3.05, 3.63) is 23.8 Å². The minimum Gasteiger partial charge on any atom is -0.497 e. The molecule has 8 nitrogen and oxygen atoms in total. The third-order valence-electron chi connectivity index (χ3n) is 7.75. The molecule has 1 unspecified atom stereocenters. The van der Waals surface area contributed by atoms with Gasteiger partial charge < -0.3 is 24.8 Å². The highest BCUT2D eigenvalue weighted by Gasteiger charge is 2.53. The van der Waals surface area contributed by atoms with Crippen LogP contribution in [0.2, 0.25) is 0 Å². The summed E-state index contributed by atoms with van der Waals surface area (Å²) in [7, 11) is 2.98. The predicted molar refractivity (Wildman–Crippen MR) is 121 cm³/mol. The first-order valence-electron chi connectivity index (χ1n) is 11.8. The van der Waals surface area contributed by atoms with E-state index in [2.05, 4.69) is 17.6 Å². The van der Waals surface area contributed by atoms with E-state index in [-0.39, 0.29) is 30.5 Å². The van der Waals surface area contributed by atoms with Crippen LogP contribution in [0.5, 0.6) is 11.5 Å². The van der Waals surface area contributed by atoms with Crippen molar-refractivity contribution < 1.29 is 28.6 Å². The minimum atomic E-state index is -0.671. The number of ether oxygens (including phenoxy) is 3. The summed E-state index contributed by atoms with van der Waals surface area (Å²) in [5.74, 6) is 1.92. The van der Waals surface area contributed by atoms with Crippen LogP contribution < -0.4 is 20.1 Å². The second-order valence-electron chi connectivity index (χ2n) is 10.0. The molecule has 0 spiro atoms. The molecule has 4 fully saturated rings. The molecule has 0 aliphatic heterocycles. The molecule has 4 aliphatic rings. The maximum Gasteiger partial charge on any atom is 0.325 e. The quantitative estimate of drug-likeness (QED) is 0.552. The maximum atomic E-state index is 12.4. The van der Waals surface area contributed by atoms with Gasteiger partial charge in [-0.2, -0.15) is 0 Å². The Morgan fingerprint density at radius 3 is 2.03 bits per heavy atom. The lowest BCUT2D eigenvalue weighted by Crippen LogP contribution is -2.56. The van der Waals surface area contributed by atoms with E-state index in [9.17, 15) is 14.4 Å². The zero-order valence-electron chi connectivity index (χ0n) is 19.6. The average molecular weight is 459 g/mol. The number of methoxy groups -OCH3 is 2. The van der Waals surface area contributed by atoms with Gasteiger partial charge in [0, 0.05) is 17.7 Å². The molecule has 0 aromatic heterocycles. The van der Waals surface area contributed by atoms with Gasteiger partial charge in [0.25, 0.3) is 11.8 Å². The Hall–Kier alpha value is -2.77. The summed E-state index contributed by atoms with van der Waals surface area (Å²) in [5, 5.41) is 5.58. The molecule has 8 heteroatoms. The number of amides is 2. The Morgan fingerprint density at radius 1 is 0.970 bits per heavy atom. The van der Waals surface area contributed by atoms with Crippen LogP contribution in [0, 0.1) is 23.2 Å². The minimum absolute atomic E-state index is 0.0693. The molecule has 1 aromatic carbocycles. The molecule has 0 radical (unpaired) electrons. The zero-order valence-corrected chi connectivity index (χ0v) is 19.6. The van der Waals surface area contributed by atoms with Crippen molar-refractivity contribution in [2.45, 2.75) is 51.5 Å². The topological polar surface area (TPSA) is 103 Å². The first kappa shape index (κ1) is 23.4. The number of benzene rings is 1. The summed E-state index contributed by atoms with van der Waals surface area (Å²) in [6, 6.07) is 4.80.